The molecule has 0 N–H and O–H groups in total. The molecule has 0 saturated heterocycles. The van der Waals surface area contributed by atoms with E-state index >= 15 is 0 Å². The molecule has 0 aliphatic heterocycles. The number of benzene rings is 1. The molecule has 0 aliphatic rings. The molecule has 0 unspecified atom stereocenters. The second-order valence-electron chi connectivity index (χ2n) is 3.68. The zero-order valence-corrected chi connectivity index (χ0v) is 12.1. The Morgan fingerprint density at radius 3 is 2.25 bits per heavy atom. The van der Waals surface area contributed by atoms with Gasteiger partial charge in [0, 0.05) is 0 Å². The predicted molar refractivity (Wildman–Crippen MR) is 74.5 cm³/mol. The van der Waals surface area contributed by atoms with Gasteiger partial charge in [0.2, 0.25) is 5.28 Å². The predicted octanol–water partition coefficient (Wildman–Crippen LogP) is 2.61. The molecule has 20 heavy (non-hydrogen) atoms. The van der Waals surface area contributed by atoms with Crippen LogP contribution in [0, 0.1) is 0 Å². The van der Waals surface area contributed by atoms with Crippen LogP contribution in [-0.4, -0.2) is 35.8 Å². The minimum Gasteiger partial charge on any atom is -0.496 e. The number of hydrogen-bond acceptors (Lipinski definition) is 6. The Bertz CT molecular complexity index is 585. The maximum absolute atomic E-state index is 5.90. The summed E-state index contributed by atoms with van der Waals surface area (Å²) in [6.07, 6.45) is 0. The van der Waals surface area contributed by atoms with Gasteiger partial charge in [0.25, 0.3) is 0 Å². The monoisotopic (exact) mass is 295 g/mol. The topological polar surface area (TPSA) is 66.4 Å². The Morgan fingerprint density at radius 2 is 1.70 bits per heavy atom. The Balaban J connectivity index is 2.60. The summed E-state index contributed by atoms with van der Waals surface area (Å²) >= 11 is 5.90. The lowest BCUT2D eigenvalue weighted by Crippen LogP contribution is -2.03. The molecular weight excluding hydrogens is 282 g/mol. The van der Waals surface area contributed by atoms with E-state index in [-0.39, 0.29) is 11.3 Å². The van der Waals surface area contributed by atoms with Crippen molar-refractivity contribution in [2.24, 2.45) is 0 Å². The highest BCUT2D eigenvalue weighted by Crippen LogP contribution is 2.36. The Hall–Kier alpha value is -2.08. The molecule has 2 aromatic rings. The van der Waals surface area contributed by atoms with Gasteiger partial charge < -0.3 is 14.2 Å². The van der Waals surface area contributed by atoms with E-state index in [1.165, 1.54) is 0 Å². The number of aromatic nitrogens is 3. The second kappa shape index (κ2) is 6.38. The first-order valence-electron chi connectivity index (χ1n) is 5.95. The van der Waals surface area contributed by atoms with Crippen molar-refractivity contribution in [2.75, 3.05) is 20.8 Å². The van der Waals surface area contributed by atoms with Crippen LogP contribution in [0.2, 0.25) is 5.28 Å². The molecule has 0 amide bonds. The Morgan fingerprint density at radius 1 is 1.05 bits per heavy atom. The molecule has 0 radical (unpaired) electrons. The lowest BCUT2D eigenvalue weighted by Gasteiger charge is -2.12. The third kappa shape index (κ3) is 2.91. The summed E-state index contributed by atoms with van der Waals surface area (Å²) in [4.78, 5) is 12.2. The third-order valence-corrected chi connectivity index (χ3v) is 2.68. The van der Waals surface area contributed by atoms with Gasteiger partial charge in [-0.25, -0.2) is 0 Å². The lowest BCUT2D eigenvalue weighted by atomic mass is 10.1. The van der Waals surface area contributed by atoms with Crippen LogP contribution in [0.5, 0.6) is 17.5 Å². The molecule has 1 heterocycles. The molecule has 1 aromatic carbocycles. The van der Waals surface area contributed by atoms with Crippen molar-refractivity contribution in [3.63, 3.8) is 0 Å². The average molecular weight is 296 g/mol. The van der Waals surface area contributed by atoms with E-state index in [1.807, 2.05) is 13.0 Å². The van der Waals surface area contributed by atoms with Gasteiger partial charge in [-0.05, 0) is 30.7 Å². The van der Waals surface area contributed by atoms with Gasteiger partial charge in [-0.2, -0.15) is 15.0 Å². The van der Waals surface area contributed by atoms with E-state index in [4.69, 9.17) is 25.8 Å². The summed E-state index contributed by atoms with van der Waals surface area (Å²) in [5.74, 6) is 1.49. The van der Waals surface area contributed by atoms with Gasteiger partial charge in [0.1, 0.15) is 17.1 Å². The van der Waals surface area contributed by atoms with Crippen LogP contribution >= 0.6 is 11.6 Å². The van der Waals surface area contributed by atoms with Gasteiger partial charge in [0.15, 0.2) is 5.82 Å². The zero-order chi connectivity index (χ0) is 14.5. The molecule has 0 bridgehead atoms. The van der Waals surface area contributed by atoms with Gasteiger partial charge >= 0.3 is 6.01 Å². The van der Waals surface area contributed by atoms with Crippen LogP contribution in [0.4, 0.5) is 0 Å². The summed E-state index contributed by atoms with van der Waals surface area (Å²) in [6, 6.07) is 5.55. The molecule has 0 fully saturated rings. The number of hydrogen-bond donors (Lipinski definition) is 0. The quantitative estimate of drug-likeness (QED) is 0.845. The van der Waals surface area contributed by atoms with E-state index in [0.717, 1.165) is 0 Å². The molecule has 0 aliphatic carbocycles. The van der Waals surface area contributed by atoms with Crippen LogP contribution in [0.3, 0.4) is 0 Å². The molecule has 0 spiro atoms. The molecule has 0 saturated carbocycles. The fraction of sp³-hybridized carbons (Fsp3) is 0.308. The molecule has 2 rings (SSSR count). The van der Waals surface area contributed by atoms with Crippen LogP contribution in [-0.2, 0) is 0 Å². The minimum atomic E-state index is 0.0476. The molecule has 7 heteroatoms. The molecule has 106 valence electrons. The standard InChI is InChI=1S/C13H14ClN3O3/c1-4-20-13-16-11(15-12(14)17-13)10-8(18-2)6-5-7-9(10)19-3/h5-7H,4H2,1-3H3. The van der Waals surface area contributed by atoms with E-state index in [2.05, 4.69) is 15.0 Å². The van der Waals surface area contributed by atoms with Gasteiger partial charge in [0.05, 0.1) is 20.8 Å². The van der Waals surface area contributed by atoms with Crippen molar-refractivity contribution in [2.45, 2.75) is 6.92 Å². The minimum absolute atomic E-state index is 0.0476. The zero-order valence-electron chi connectivity index (χ0n) is 11.4. The maximum atomic E-state index is 5.90. The van der Waals surface area contributed by atoms with E-state index < -0.39 is 0 Å². The smallest absolute Gasteiger partial charge is 0.321 e. The highest BCUT2D eigenvalue weighted by molar-refractivity contribution is 6.28. The molecular formula is C13H14ClN3O3. The van der Waals surface area contributed by atoms with E-state index in [9.17, 15) is 0 Å². The fourth-order valence-electron chi connectivity index (χ4n) is 1.71. The summed E-state index contributed by atoms with van der Waals surface area (Å²) in [7, 11) is 3.12. The normalized spacial score (nSPS) is 10.2. The first-order chi connectivity index (χ1) is 9.69. The van der Waals surface area contributed by atoms with E-state index in [0.29, 0.717) is 29.5 Å². The number of nitrogens with zero attached hydrogens (tertiary/aromatic N) is 3. The highest BCUT2D eigenvalue weighted by Gasteiger charge is 2.17. The van der Waals surface area contributed by atoms with Crippen molar-refractivity contribution in [1.82, 2.24) is 15.0 Å². The summed E-state index contributed by atoms with van der Waals surface area (Å²) in [6.45, 7) is 2.27. The summed E-state index contributed by atoms with van der Waals surface area (Å²) < 4.78 is 15.9. The first kappa shape index (κ1) is 14.3. The lowest BCUT2D eigenvalue weighted by molar-refractivity contribution is 0.311. The largest absolute Gasteiger partial charge is 0.496 e. The highest BCUT2D eigenvalue weighted by atomic mass is 35.5. The van der Waals surface area contributed by atoms with Crippen molar-refractivity contribution >= 4 is 11.6 Å². The van der Waals surface area contributed by atoms with Crippen molar-refractivity contribution < 1.29 is 14.2 Å². The second-order valence-corrected chi connectivity index (χ2v) is 4.02. The average Bonchev–Trinajstić information content (AvgIpc) is 2.46. The van der Waals surface area contributed by atoms with Crippen molar-refractivity contribution in [1.29, 1.82) is 0 Å². The molecule has 1 aromatic heterocycles. The number of ether oxygens (including phenoxy) is 3. The first-order valence-corrected chi connectivity index (χ1v) is 6.33. The van der Waals surface area contributed by atoms with E-state index in [1.54, 1.807) is 26.4 Å². The molecule has 0 atom stereocenters. The van der Waals surface area contributed by atoms with Crippen LogP contribution < -0.4 is 14.2 Å². The number of rotatable bonds is 5. The summed E-state index contributed by atoms with van der Waals surface area (Å²) in [5.41, 5.74) is 0.600. The summed E-state index contributed by atoms with van der Waals surface area (Å²) in [5, 5.41) is 0.0476. The van der Waals surface area contributed by atoms with Gasteiger partial charge in [-0.15, -0.1) is 0 Å². The SMILES string of the molecule is CCOc1nc(Cl)nc(-c2c(OC)cccc2OC)n1. The molecule has 6 nitrogen and oxygen atoms in total. The van der Waals surface area contributed by atoms with Crippen LogP contribution in [0.1, 0.15) is 6.92 Å². The Kier molecular flexibility index (Phi) is 4.57. The van der Waals surface area contributed by atoms with Crippen LogP contribution in [0.25, 0.3) is 11.4 Å². The van der Waals surface area contributed by atoms with Crippen molar-refractivity contribution in [3.8, 4) is 28.9 Å². The van der Waals surface area contributed by atoms with Gasteiger partial charge in [-0.1, -0.05) is 6.07 Å². The van der Waals surface area contributed by atoms with Gasteiger partial charge in [-0.3, -0.25) is 0 Å². The number of halogens is 1. The number of methoxy groups -OCH3 is 2. The van der Waals surface area contributed by atoms with Crippen molar-refractivity contribution in [3.05, 3.63) is 23.5 Å². The fourth-order valence-corrected chi connectivity index (χ4v) is 1.86. The maximum Gasteiger partial charge on any atom is 0.321 e. The Labute approximate surface area is 121 Å². The third-order valence-electron chi connectivity index (χ3n) is 2.51. The van der Waals surface area contributed by atoms with Crippen LogP contribution in [0.15, 0.2) is 18.2 Å².